The number of anilines is 2. The van der Waals surface area contributed by atoms with E-state index < -0.39 is 0 Å². The number of nitrogens with two attached hydrogens (primary N) is 1. The van der Waals surface area contributed by atoms with Crippen LogP contribution in [-0.4, -0.2) is 29.3 Å². The Balaban J connectivity index is 1.65. The van der Waals surface area contributed by atoms with Crippen LogP contribution in [0.2, 0.25) is 0 Å². The summed E-state index contributed by atoms with van der Waals surface area (Å²) in [6.07, 6.45) is 3.72. The summed E-state index contributed by atoms with van der Waals surface area (Å²) in [5.41, 5.74) is 6.17. The molecule has 3 N–H and O–H groups in total. The van der Waals surface area contributed by atoms with E-state index in [0.29, 0.717) is 36.2 Å². The molecule has 1 aromatic heterocycles. The monoisotopic (exact) mass is 318 g/mol. The third kappa shape index (κ3) is 4.29. The smallest absolute Gasteiger partial charge is 0.149 e. The van der Waals surface area contributed by atoms with Crippen molar-refractivity contribution in [1.29, 1.82) is 0 Å². The van der Waals surface area contributed by atoms with Crippen LogP contribution in [0.1, 0.15) is 18.7 Å². The van der Waals surface area contributed by atoms with E-state index in [9.17, 15) is 4.39 Å². The maximum absolute atomic E-state index is 13.5. The summed E-state index contributed by atoms with van der Waals surface area (Å²) in [7, 11) is 0. The lowest BCUT2D eigenvalue weighted by Crippen LogP contribution is -2.17. The Labute approximate surface area is 133 Å². The van der Waals surface area contributed by atoms with Gasteiger partial charge in [0, 0.05) is 18.9 Å². The zero-order valence-corrected chi connectivity index (χ0v) is 12.7. The maximum Gasteiger partial charge on any atom is 0.149 e. The van der Waals surface area contributed by atoms with Gasteiger partial charge in [-0.2, -0.15) is 0 Å². The van der Waals surface area contributed by atoms with Crippen LogP contribution in [0.5, 0.6) is 5.75 Å². The van der Waals surface area contributed by atoms with Crippen LogP contribution in [0.4, 0.5) is 15.9 Å². The van der Waals surface area contributed by atoms with E-state index in [0.717, 1.165) is 19.4 Å². The van der Waals surface area contributed by atoms with Gasteiger partial charge in [0.05, 0.1) is 18.3 Å². The molecule has 0 unspecified atom stereocenters. The Hall–Kier alpha value is -2.41. The zero-order valence-electron chi connectivity index (χ0n) is 12.7. The highest BCUT2D eigenvalue weighted by atomic mass is 19.1. The average molecular weight is 318 g/mol. The predicted octanol–water partition coefficient (Wildman–Crippen LogP) is 2.37. The van der Waals surface area contributed by atoms with E-state index in [2.05, 4.69) is 15.3 Å². The molecule has 7 heteroatoms. The number of nitrogens with one attached hydrogen (secondary N) is 1. The van der Waals surface area contributed by atoms with Crippen LogP contribution < -0.4 is 15.8 Å². The fourth-order valence-electron chi connectivity index (χ4n) is 2.40. The van der Waals surface area contributed by atoms with Gasteiger partial charge in [-0.1, -0.05) is 0 Å². The minimum absolute atomic E-state index is 0.102. The number of nitrogens with zero attached hydrogens (tertiary/aromatic N) is 2. The SMILES string of the molecule is Nc1ccnc(CNc2cc(F)ccc2OC[C@H]2CCCO2)n1. The molecule has 0 aliphatic carbocycles. The highest BCUT2D eigenvalue weighted by Crippen LogP contribution is 2.27. The molecular weight excluding hydrogens is 299 g/mol. The number of rotatable bonds is 6. The molecule has 1 fully saturated rings. The van der Waals surface area contributed by atoms with Crippen molar-refractivity contribution < 1.29 is 13.9 Å². The fourth-order valence-corrected chi connectivity index (χ4v) is 2.40. The van der Waals surface area contributed by atoms with Crippen molar-refractivity contribution in [2.24, 2.45) is 0 Å². The van der Waals surface area contributed by atoms with Crippen molar-refractivity contribution in [3.63, 3.8) is 0 Å². The van der Waals surface area contributed by atoms with E-state index in [1.807, 2.05) is 0 Å². The molecule has 1 aliphatic rings. The van der Waals surface area contributed by atoms with Gasteiger partial charge in [0.1, 0.15) is 29.8 Å². The summed E-state index contributed by atoms with van der Waals surface area (Å²) < 4.78 is 24.8. The molecule has 2 aromatic rings. The normalized spacial score (nSPS) is 17.2. The Bertz CT molecular complexity index is 662. The molecule has 1 saturated heterocycles. The molecule has 0 radical (unpaired) electrons. The molecule has 1 aliphatic heterocycles. The number of hydrogen-bond acceptors (Lipinski definition) is 6. The van der Waals surface area contributed by atoms with E-state index >= 15 is 0 Å². The van der Waals surface area contributed by atoms with Gasteiger partial charge < -0.3 is 20.5 Å². The Morgan fingerprint density at radius 2 is 2.30 bits per heavy atom. The van der Waals surface area contributed by atoms with Crippen LogP contribution >= 0.6 is 0 Å². The fraction of sp³-hybridized carbons (Fsp3) is 0.375. The lowest BCUT2D eigenvalue weighted by Gasteiger charge is -2.15. The minimum atomic E-state index is -0.342. The second-order valence-electron chi connectivity index (χ2n) is 5.34. The second kappa shape index (κ2) is 7.23. The lowest BCUT2D eigenvalue weighted by molar-refractivity contribution is 0.0682. The molecule has 1 aromatic carbocycles. The van der Waals surface area contributed by atoms with E-state index in [1.54, 1.807) is 18.3 Å². The van der Waals surface area contributed by atoms with E-state index in [4.69, 9.17) is 15.2 Å². The highest BCUT2D eigenvalue weighted by Gasteiger charge is 2.17. The van der Waals surface area contributed by atoms with Gasteiger partial charge in [0.2, 0.25) is 0 Å². The maximum atomic E-state index is 13.5. The third-order valence-electron chi connectivity index (χ3n) is 3.55. The van der Waals surface area contributed by atoms with Crippen LogP contribution in [0, 0.1) is 5.82 Å². The number of ether oxygens (including phenoxy) is 2. The molecule has 0 spiro atoms. The summed E-state index contributed by atoms with van der Waals surface area (Å²) in [6.45, 7) is 1.55. The number of aromatic nitrogens is 2. The molecule has 122 valence electrons. The number of nitrogen functional groups attached to an aromatic ring is 1. The molecule has 0 bridgehead atoms. The van der Waals surface area contributed by atoms with Gasteiger partial charge in [0.15, 0.2) is 0 Å². The van der Waals surface area contributed by atoms with E-state index in [1.165, 1.54) is 12.1 Å². The van der Waals surface area contributed by atoms with E-state index in [-0.39, 0.29) is 11.9 Å². The largest absolute Gasteiger partial charge is 0.489 e. The number of hydrogen-bond donors (Lipinski definition) is 2. The van der Waals surface area contributed by atoms with Gasteiger partial charge in [-0.05, 0) is 31.0 Å². The summed E-state index contributed by atoms with van der Waals surface area (Å²) >= 11 is 0. The Morgan fingerprint density at radius 1 is 1.39 bits per heavy atom. The first kappa shape index (κ1) is 15.5. The molecule has 6 nitrogen and oxygen atoms in total. The number of benzene rings is 1. The Kier molecular flexibility index (Phi) is 4.87. The molecule has 23 heavy (non-hydrogen) atoms. The van der Waals surface area contributed by atoms with Gasteiger partial charge in [-0.15, -0.1) is 0 Å². The molecular formula is C16H19FN4O2. The van der Waals surface area contributed by atoms with Crippen molar-refractivity contribution in [2.75, 3.05) is 24.3 Å². The quantitative estimate of drug-likeness (QED) is 0.851. The van der Waals surface area contributed by atoms with Gasteiger partial charge in [0.25, 0.3) is 0 Å². The predicted molar refractivity (Wildman–Crippen MR) is 84.6 cm³/mol. The third-order valence-corrected chi connectivity index (χ3v) is 3.55. The van der Waals surface area contributed by atoms with Crippen LogP contribution in [0.25, 0.3) is 0 Å². The zero-order chi connectivity index (χ0) is 16.1. The van der Waals surface area contributed by atoms with Crippen molar-refractivity contribution in [3.05, 3.63) is 42.1 Å². The highest BCUT2D eigenvalue weighted by molar-refractivity contribution is 5.56. The average Bonchev–Trinajstić information content (AvgIpc) is 3.05. The van der Waals surface area contributed by atoms with Gasteiger partial charge >= 0.3 is 0 Å². The summed E-state index contributed by atoms with van der Waals surface area (Å²) in [6, 6.07) is 5.97. The topological polar surface area (TPSA) is 82.3 Å². The standard InChI is InChI=1S/C16H19FN4O2/c17-11-3-4-14(23-10-12-2-1-7-22-12)13(8-11)20-9-16-19-6-5-15(18)21-16/h3-6,8,12,20H,1-2,7,9-10H2,(H2,18,19,21)/t12-/m1/s1. The Morgan fingerprint density at radius 3 is 3.09 bits per heavy atom. The summed E-state index contributed by atoms with van der Waals surface area (Å²) in [5, 5.41) is 3.09. The van der Waals surface area contributed by atoms with Crippen molar-refractivity contribution in [2.45, 2.75) is 25.5 Å². The number of halogens is 1. The molecule has 0 saturated carbocycles. The molecule has 1 atom stereocenters. The van der Waals surface area contributed by atoms with Crippen molar-refractivity contribution >= 4 is 11.5 Å². The lowest BCUT2D eigenvalue weighted by atomic mass is 10.2. The summed E-state index contributed by atoms with van der Waals surface area (Å²) in [4.78, 5) is 8.21. The van der Waals surface area contributed by atoms with Crippen LogP contribution in [-0.2, 0) is 11.3 Å². The molecule has 2 heterocycles. The molecule has 3 rings (SSSR count). The minimum Gasteiger partial charge on any atom is -0.489 e. The first-order valence-corrected chi connectivity index (χ1v) is 7.56. The molecule has 0 amide bonds. The van der Waals surface area contributed by atoms with Crippen molar-refractivity contribution in [3.8, 4) is 5.75 Å². The van der Waals surface area contributed by atoms with Crippen LogP contribution in [0.3, 0.4) is 0 Å². The van der Waals surface area contributed by atoms with Crippen molar-refractivity contribution in [1.82, 2.24) is 9.97 Å². The van der Waals surface area contributed by atoms with Gasteiger partial charge in [-0.25, -0.2) is 14.4 Å². The second-order valence-corrected chi connectivity index (χ2v) is 5.34. The van der Waals surface area contributed by atoms with Crippen LogP contribution in [0.15, 0.2) is 30.5 Å². The first-order chi connectivity index (χ1) is 11.2. The van der Waals surface area contributed by atoms with Gasteiger partial charge in [-0.3, -0.25) is 0 Å². The first-order valence-electron chi connectivity index (χ1n) is 7.56. The summed E-state index contributed by atoms with van der Waals surface area (Å²) in [5.74, 6) is 1.15.